The Kier molecular flexibility index (Phi) is 4.45. The van der Waals surface area contributed by atoms with Crippen LogP contribution in [0, 0.1) is 5.92 Å². The molecule has 0 aromatic heterocycles. The molecule has 0 N–H and O–H groups in total. The highest BCUT2D eigenvalue weighted by Gasteiger charge is 2.35. The van der Waals surface area contributed by atoms with E-state index in [1.165, 1.54) is 0 Å². The van der Waals surface area contributed by atoms with Gasteiger partial charge in [-0.1, -0.05) is 13.8 Å². The average Bonchev–Trinajstić information content (AvgIpc) is 2.65. The van der Waals surface area contributed by atoms with Crippen LogP contribution >= 0.6 is 0 Å². The third-order valence-electron chi connectivity index (χ3n) is 4.04. The van der Waals surface area contributed by atoms with Crippen molar-refractivity contribution in [2.24, 2.45) is 5.92 Å². The third kappa shape index (κ3) is 2.95. The quantitative estimate of drug-likeness (QED) is 0.742. The Labute approximate surface area is 110 Å². The van der Waals surface area contributed by atoms with Gasteiger partial charge < -0.3 is 14.5 Å². The first kappa shape index (κ1) is 13.6. The summed E-state index contributed by atoms with van der Waals surface area (Å²) in [5, 5.41) is 0. The summed E-state index contributed by atoms with van der Waals surface area (Å²) in [7, 11) is 1.92. The molecule has 2 aliphatic heterocycles. The largest absolute Gasteiger partial charge is 0.379 e. The van der Waals surface area contributed by atoms with E-state index in [-0.39, 0.29) is 6.03 Å². The molecule has 2 fully saturated rings. The lowest BCUT2D eigenvalue weighted by Gasteiger charge is -2.28. The predicted molar refractivity (Wildman–Crippen MR) is 70.6 cm³/mol. The van der Waals surface area contributed by atoms with Gasteiger partial charge in [0, 0.05) is 39.8 Å². The zero-order chi connectivity index (χ0) is 13.1. The van der Waals surface area contributed by atoms with E-state index in [0.717, 1.165) is 45.9 Å². The third-order valence-corrected chi connectivity index (χ3v) is 4.04. The Morgan fingerprint density at radius 3 is 2.50 bits per heavy atom. The van der Waals surface area contributed by atoms with E-state index < -0.39 is 0 Å². The van der Waals surface area contributed by atoms with E-state index in [0.29, 0.717) is 12.0 Å². The van der Waals surface area contributed by atoms with Crippen molar-refractivity contribution in [3.8, 4) is 0 Å². The first-order valence-electron chi connectivity index (χ1n) is 6.91. The molecule has 2 amide bonds. The van der Waals surface area contributed by atoms with Crippen LogP contribution in [0.4, 0.5) is 4.79 Å². The van der Waals surface area contributed by atoms with Gasteiger partial charge in [-0.25, -0.2) is 4.79 Å². The summed E-state index contributed by atoms with van der Waals surface area (Å²) in [5.41, 5.74) is 0. The molecule has 1 atom stereocenters. The number of likely N-dealkylation sites (N-methyl/N-ethyl adjacent to an activating group) is 1. The first-order chi connectivity index (χ1) is 8.59. The minimum absolute atomic E-state index is 0.182. The fraction of sp³-hybridized carbons (Fsp3) is 0.923. The lowest BCUT2D eigenvalue weighted by molar-refractivity contribution is 0.0354. The second-order valence-electron chi connectivity index (χ2n) is 5.60. The molecule has 5 nitrogen and oxygen atoms in total. The van der Waals surface area contributed by atoms with Gasteiger partial charge in [-0.15, -0.1) is 0 Å². The fourth-order valence-electron chi connectivity index (χ4n) is 2.72. The molecule has 104 valence electrons. The van der Waals surface area contributed by atoms with E-state index in [1.54, 1.807) is 0 Å². The summed E-state index contributed by atoms with van der Waals surface area (Å²) in [6, 6.07) is 0.546. The number of ether oxygens (including phenoxy) is 1. The van der Waals surface area contributed by atoms with Crippen LogP contribution in [-0.2, 0) is 4.74 Å². The van der Waals surface area contributed by atoms with Gasteiger partial charge in [0.1, 0.15) is 0 Å². The van der Waals surface area contributed by atoms with Crippen molar-refractivity contribution in [2.75, 3.05) is 53.0 Å². The van der Waals surface area contributed by atoms with E-state index in [2.05, 4.69) is 18.7 Å². The van der Waals surface area contributed by atoms with Crippen molar-refractivity contribution in [2.45, 2.75) is 19.9 Å². The first-order valence-corrected chi connectivity index (χ1v) is 6.91. The normalized spacial score (nSPS) is 26.4. The van der Waals surface area contributed by atoms with Crippen LogP contribution in [0.25, 0.3) is 0 Å². The van der Waals surface area contributed by atoms with Crippen molar-refractivity contribution in [1.82, 2.24) is 14.7 Å². The summed E-state index contributed by atoms with van der Waals surface area (Å²) in [4.78, 5) is 18.4. The van der Waals surface area contributed by atoms with Crippen LogP contribution in [0.1, 0.15) is 13.8 Å². The molecule has 0 bridgehead atoms. The van der Waals surface area contributed by atoms with Crippen LogP contribution in [-0.4, -0.2) is 79.8 Å². The van der Waals surface area contributed by atoms with Gasteiger partial charge in [0.2, 0.25) is 0 Å². The Hall–Kier alpha value is -0.810. The summed E-state index contributed by atoms with van der Waals surface area (Å²) in [6.45, 7) is 10.7. The second kappa shape index (κ2) is 5.89. The van der Waals surface area contributed by atoms with E-state index in [1.807, 2.05) is 16.8 Å². The molecule has 1 unspecified atom stereocenters. The van der Waals surface area contributed by atoms with Gasteiger partial charge in [-0.3, -0.25) is 4.90 Å². The van der Waals surface area contributed by atoms with Gasteiger partial charge in [0.25, 0.3) is 0 Å². The van der Waals surface area contributed by atoms with Crippen molar-refractivity contribution < 1.29 is 9.53 Å². The topological polar surface area (TPSA) is 36.0 Å². The monoisotopic (exact) mass is 255 g/mol. The van der Waals surface area contributed by atoms with Crippen LogP contribution < -0.4 is 0 Å². The van der Waals surface area contributed by atoms with Gasteiger partial charge >= 0.3 is 6.03 Å². The summed E-state index contributed by atoms with van der Waals surface area (Å²) < 4.78 is 5.33. The molecule has 0 aromatic rings. The number of rotatable bonds is 4. The Morgan fingerprint density at radius 2 is 1.94 bits per heavy atom. The maximum Gasteiger partial charge on any atom is 0.320 e. The van der Waals surface area contributed by atoms with Crippen molar-refractivity contribution in [3.63, 3.8) is 0 Å². The van der Waals surface area contributed by atoms with Gasteiger partial charge in [0.15, 0.2) is 0 Å². The number of morpholine rings is 1. The van der Waals surface area contributed by atoms with Gasteiger partial charge in [-0.2, -0.15) is 0 Å². The molecule has 2 heterocycles. The van der Waals surface area contributed by atoms with E-state index in [9.17, 15) is 4.79 Å². The van der Waals surface area contributed by atoms with Crippen LogP contribution in [0.3, 0.4) is 0 Å². The standard InChI is InChI=1S/C13H25N3O2/c1-11(2)12-10-16(13(17)14(12)3)5-4-15-6-8-18-9-7-15/h11-12H,4-10H2,1-3H3. The summed E-state index contributed by atoms with van der Waals surface area (Å²) in [5.74, 6) is 0.521. The zero-order valence-electron chi connectivity index (χ0n) is 11.8. The summed E-state index contributed by atoms with van der Waals surface area (Å²) in [6.07, 6.45) is 0. The van der Waals surface area contributed by atoms with Crippen molar-refractivity contribution in [3.05, 3.63) is 0 Å². The van der Waals surface area contributed by atoms with E-state index in [4.69, 9.17) is 4.74 Å². The Balaban J connectivity index is 1.81. The van der Waals surface area contributed by atoms with Crippen LogP contribution in [0.2, 0.25) is 0 Å². The molecule has 2 aliphatic rings. The Morgan fingerprint density at radius 1 is 1.28 bits per heavy atom. The molecule has 0 aromatic carbocycles. The highest BCUT2D eigenvalue weighted by atomic mass is 16.5. The number of amides is 2. The summed E-state index contributed by atoms with van der Waals surface area (Å²) >= 11 is 0. The number of hydrogen-bond acceptors (Lipinski definition) is 3. The number of hydrogen-bond donors (Lipinski definition) is 0. The molecule has 0 radical (unpaired) electrons. The molecule has 5 heteroatoms. The molecule has 0 aliphatic carbocycles. The highest BCUT2D eigenvalue weighted by Crippen LogP contribution is 2.19. The molecule has 2 rings (SSSR count). The lowest BCUT2D eigenvalue weighted by atomic mass is 10.0. The second-order valence-corrected chi connectivity index (χ2v) is 5.60. The number of urea groups is 1. The predicted octanol–water partition coefficient (Wildman–Crippen LogP) is 0.711. The fourth-order valence-corrected chi connectivity index (χ4v) is 2.72. The van der Waals surface area contributed by atoms with Gasteiger partial charge in [-0.05, 0) is 5.92 Å². The molecule has 2 saturated heterocycles. The molecular weight excluding hydrogens is 230 g/mol. The Bertz CT molecular complexity index is 290. The van der Waals surface area contributed by atoms with Crippen molar-refractivity contribution >= 4 is 6.03 Å². The minimum atomic E-state index is 0.182. The maximum absolute atomic E-state index is 12.1. The molecule has 0 spiro atoms. The number of carbonyl (C=O) groups excluding carboxylic acids is 1. The maximum atomic E-state index is 12.1. The SMILES string of the molecule is CC(C)C1CN(CCN2CCOCC2)C(=O)N1C. The molecule has 18 heavy (non-hydrogen) atoms. The lowest BCUT2D eigenvalue weighted by Crippen LogP contribution is -2.42. The highest BCUT2D eigenvalue weighted by molar-refractivity contribution is 5.76. The number of carbonyl (C=O) groups is 1. The number of nitrogens with zero attached hydrogens (tertiary/aromatic N) is 3. The molecule has 0 saturated carbocycles. The minimum Gasteiger partial charge on any atom is -0.379 e. The zero-order valence-corrected chi connectivity index (χ0v) is 11.8. The van der Waals surface area contributed by atoms with Gasteiger partial charge in [0.05, 0.1) is 19.3 Å². The van der Waals surface area contributed by atoms with E-state index >= 15 is 0 Å². The smallest absolute Gasteiger partial charge is 0.320 e. The van der Waals surface area contributed by atoms with Crippen LogP contribution in [0.5, 0.6) is 0 Å². The average molecular weight is 255 g/mol. The van der Waals surface area contributed by atoms with Crippen LogP contribution in [0.15, 0.2) is 0 Å². The molecular formula is C13H25N3O2. The van der Waals surface area contributed by atoms with Crippen molar-refractivity contribution in [1.29, 1.82) is 0 Å².